The third-order valence-corrected chi connectivity index (χ3v) is 2.12. The van der Waals surface area contributed by atoms with Crippen molar-refractivity contribution < 1.29 is 14.6 Å². The first kappa shape index (κ1) is 9.48. The van der Waals surface area contributed by atoms with Crippen molar-refractivity contribution in [3.8, 4) is 0 Å². The number of methoxy groups -OCH3 is 1. The van der Waals surface area contributed by atoms with Crippen molar-refractivity contribution in [2.24, 2.45) is 0 Å². The second-order valence-electron chi connectivity index (χ2n) is 3.11. The number of aliphatic hydroxyl groups is 1. The SMILES string of the molecule is COC(=O)CCC1CC(O)CN1. The number of β-amino-alcohol motifs (C(OH)–C–C–N with tert-alkyl or cyclic N) is 1. The molecular weight excluding hydrogens is 158 g/mol. The summed E-state index contributed by atoms with van der Waals surface area (Å²) in [5, 5.41) is 12.3. The van der Waals surface area contributed by atoms with Crippen LogP contribution in [0.25, 0.3) is 0 Å². The topological polar surface area (TPSA) is 58.6 Å². The van der Waals surface area contributed by atoms with E-state index in [0.29, 0.717) is 13.0 Å². The van der Waals surface area contributed by atoms with Crippen molar-refractivity contribution in [1.82, 2.24) is 5.32 Å². The summed E-state index contributed by atoms with van der Waals surface area (Å²) < 4.78 is 4.51. The Bertz CT molecular complexity index is 160. The summed E-state index contributed by atoms with van der Waals surface area (Å²) in [7, 11) is 1.39. The minimum absolute atomic E-state index is 0.182. The Balaban J connectivity index is 2.11. The van der Waals surface area contributed by atoms with Gasteiger partial charge < -0.3 is 15.2 Å². The Hall–Kier alpha value is -0.610. The molecule has 0 spiro atoms. The first-order valence-electron chi connectivity index (χ1n) is 4.20. The molecule has 0 radical (unpaired) electrons. The van der Waals surface area contributed by atoms with Crippen LogP contribution >= 0.6 is 0 Å². The smallest absolute Gasteiger partial charge is 0.305 e. The van der Waals surface area contributed by atoms with Crippen molar-refractivity contribution in [1.29, 1.82) is 0 Å². The van der Waals surface area contributed by atoms with Gasteiger partial charge in [0.15, 0.2) is 0 Å². The third kappa shape index (κ3) is 2.79. The number of rotatable bonds is 3. The van der Waals surface area contributed by atoms with Gasteiger partial charge in [-0.25, -0.2) is 0 Å². The Morgan fingerprint density at radius 2 is 2.50 bits per heavy atom. The number of esters is 1. The lowest BCUT2D eigenvalue weighted by molar-refractivity contribution is -0.140. The number of carbonyl (C=O) groups excluding carboxylic acids is 1. The van der Waals surface area contributed by atoms with Crippen LogP contribution < -0.4 is 5.32 Å². The van der Waals surface area contributed by atoms with Crippen LogP contribution in [0.3, 0.4) is 0 Å². The molecule has 1 heterocycles. The summed E-state index contributed by atoms with van der Waals surface area (Å²) in [6, 6.07) is 0.277. The highest BCUT2D eigenvalue weighted by Crippen LogP contribution is 2.11. The average Bonchev–Trinajstić information content (AvgIpc) is 2.47. The molecule has 70 valence electrons. The van der Waals surface area contributed by atoms with Gasteiger partial charge in [0.05, 0.1) is 13.2 Å². The van der Waals surface area contributed by atoms with Gasteiger partial charge in [-0.1, -0.05) is 0 Å². The zero-order valence-corrected chi connectivity index (χ0v) is 7.25. The average molecular weight is 173 g/mol. The molecule has 0 saturated carbocycles. The van der Waals surface area contributed by atoms with Crippen molar-refractivity contribution in [3.63, 3.8) is 0 Å². The van der Waals surface area contributed by atoms with Gasteiger partial charge in [-0.15, -0.1) is 0 Å². The van der Waals surface area contributed by atoms with E-state index in [1.165, 1.54) is 7.11 Å². The zero-order chi connectivity index (χ0) is 8.97. The van der Waals surface area contributed by atoms with Crippen molar-refractivity contribution in [2.75, 3.05) is 13.7 Å². The Kier molecular flexibility index (Phi) is 3.49. The predicted molar refractivity (Wildman–Crippen MR) is 43.7 cm³/mol. The van der Waals surface area contributed by atoms with E-state index in [1.807, 2.05) is 0 Å². The lowest BCUT2D eigenvalue weighted by atomic mass is 10.1. The molecule has 0 bridgehead atoms. The van der Waals surface area contributed by atoms with Crippen LogP contribution in [-0.2, 0) is 9.53 Å². The van der Waals surface area contributed by atoms with Crippen molar-refractivity contribution in [3.05, 3.63) is 0 Å². The summed E-state index contributed by atoms with van der Waals surface area (Å²) in [6.45, 7) is 0.645. The van der Waals surface area contributed by atoms with Crippen LogP contribution in [0.1, 0.15) is 19.3 Å². The summed E-state index contributed by atoms with van der Waals surface area (Å²) >= 11 is 0. The maximum Gasteiger partial charge on any atom is 0.305 e. The molecule has 2 unspecified atom stereocenters. The fraction of sp³-hybridized carbons (Fsp3) is 0.875. The maximum absolute atomic E-state index is 10.7. The molecule has 0 aromatic heterocycles. The molecule has 1 aliphatic heterocycles. The molecule has 4 nitrogen and oxygen atoms in total. The minimum Gasteiger partial charge on any atom is -0.469 e. The fourth-order valence-electron chi connectivity index (χ4n) is 1.41. The fourth-order valence-corrected chi connectivity index (χ4v) is 1.41. The van der Waals surface area contributed by atoms with Crippen LogP contribution in [0.15, 0.2) is 0 Å². The Labute approximate surface area is 71.9 Å². The molecule has 1 aliphatic rings. The van der Waals surface area contributed by atoms with E-state index in [9.17, 15) is 4.79 Å². The molecule has 2 atom stereocenters. The molecule has 1 rings (SSSR count). The second-order valence-corrected chi connectivity index (χ2v) is 3.11. The summed E-state index contributed by atoms with van der Waals surface area (Å²) in [6.07, 6.45) is 1.69. The van der Waals surface area contributed by atoms with E-state index >= 15 is 0 Å². The van der Waals surface area contributed by atoms with E-state index < -0.39 is 0 Å². The standard InChI is InChI=1S/C8H15NO3/c1-12-8(11)3-2-6-4-7(10)5-9-6/h6-7,9-10H,2-5H2,1H3. The molecule has 0 aromatic carbocycles. The van der Waals surface area contributed by atoms with Gasteiger partial charge in [-0.05, 0) is 12.8 Å². The number of ether oxygens (including phenoxy) is 1. The van der Waals surface area contributed by atoms with Crippen LogP contribution in [-0.4, -0.2) is 36.9 Å². The van der Waals surface area contributed by atoms with Crippen LogP contribution in [0.5, 0.6) is 0 Å². The number of carbonyl (C=O) groups is 1. The molecule has 0 aliphatic carbocycles. The van der Waals surface area contributed by atoms with E-state index in [1.54, 1.807) is 0 Å². The number of hydrogen-bond acceptors (Lipinski definition) is 4. The normalized spacial score (nSPS) is 28.8. The van der Waals surface area contributed by atoms with Crippen LogP contribution in [0.4, 0.5) is 0 Å². The van der Waals surface area contributed by atoms with E-state index in [0.717, 1.165) is 12.8 Å². The largest absolute Gasteiger partial charge is 0.469 e. The molecular formula is C8H15NO3. The first-order valence-corrected chi connectivity index (χ1v) is 4.20. The molecule has 0 aromatic rings. The quantitative estimate of drug-likeness (QED) is 0.573. The molecule has 4 heteroatoms. The maximum atomic E-state index is 10.7. The van der Waals surface area contributed by atoms with Gasteiger partial charge in [0, 0.05) is 19.0 Å². The molecule has 1 saturated heterocycles. The lowest BCUT2D eigenvalue weighted by Gasteiger charge is -2.07. The number of aliphatic hydroxyl groups excluding tert-OH is 1. The predicted octanol–water partition coefficient (Wildman–Crippen LogP) is -0.338. The summed E-state index contributed by atoms with van der Waals surface area (Å²) in [5.41, 5.74) is 0. The van der Waals surface area contributed by atoms with Gasteiger partial charge in [0.2, 0.25) is 0 Å². The minimum atomic E-state index is -0.243. The molecule has 1 fully saturated rings. The van der Waals surface area contributed by atoms with Crippen LogP contribution in [0, 0.1) is 0 Å². The van der Waals surface area contributed by atoms with Gasteiger partial charge in [-0.3, -0.25) is 4.79 Å². The number of nitrogens with one attached hydrogen (secondary N) is 1. The van der Waals surface area contributed by atoms with Gasteiger partial charge in [0.1, 0.15) is 0 Å². The zero-order valence-electron chi connectivity index (χ0n) is 7.25. The Morgan fingerprint density at radius 3 is 3.00 bits per heavy atom. The summed E-state index contributed by atoms with van der Waals surface area (Å²) in [4.78, 5) is 10.7. The third-order valence-electron chi connectivity index (χ3n) is 2.12. The van der Waals surface area contributed by atoms with E-state index in [4.69, 9.17) is 5.11 Å². The van der Waals surface area contributed by atoms with Gasteiger partial charge >= 0.3 is 5.97 Å². The molecule has 12 heavy (non-hydrogen) atoms. The Morgan fingerprint density at radius 1 is 1.75 bits per heavy atom. The lowest BCUT2D eigenvalue weighted by Crippen LogP contribution is -2.22. The highest BCUT2D eigenvalue weighted by Gasteiger charge is 2.22. The molecule has 0 amide bonds. The number of hydrogen-bond donors (Lipinski definition) is 2. The van der Waals surface area contributed by atoms with Gasteiger partial charge in [0.25, 0.3) is 0 Å². The highest BCUT2D eigenvalue weighted by atomic mass is 16.5. The van der Waals surface area contributed by atoms with Crippen LogP contribution in [0.2, 0.25) is 0 Å². The van der Waals surface area contributed by atoms with Crippen molar-refractivity contribution >= 4 is 5.97 Å². The van der Waals surface area contributed by atoms with E-state index in [-0.39, 0.29) is 18.1 Å². The second kappa shape index (κ2) is 4.42. The monoisotopic (exact) mass is 173 g/mol. The van der Waals surface area contributed by atoms with E-state index in [2.05, 4.69) is 10.1 Å². The van der Waals surface area contributed by atoms with Gasteiger partial charge in [-0.2, -0.15) is 0 Å². The summed E-state index contributed by atoms with van der Waals surface area (Å²) in [5.74, 6) is -0.182. The first-order chi connectivity index (χ1) is 5.72. The highest BCUT2D eigenvalue weighted by molar-refractivity contribution is 5.69. The molecule has 2 N–H and O–H groups in total. The van der Waals surface area contributed by atoms with Crippen molar-refractivity contribution in [2.45, 2.75) is 31.4 Å².